The summed E-state index contributed by atoms with van der Waals surface area (Å²) >= 11 is 1.39. The van der Waals surface area contributed by atoms with Crippen molar-refractivity contribution in [1.29, 1.82) is 0 Å². The van der Waals surface area contributed by atoms with E-state index in [-0.39, 0.29) is 5.56 Å². The number of carbonyl (C=O) groups excluding carboxylic acids is 1. The molecule has 120 valence electrons. The van der Waals surface area contributed by atoms with Gasteiger partial charge in [-0.3, -0.25) is 9.59 Å². The molecule has 9 heteroatoms. The van der Waals surface area contributed by atoms with E-state index < -0.39 is 30.3 Å². The Bertz CT molecular complexity index is 717. The van der Waals surface area contributed by atoms with Crippen LogP contribution in [0.15, 0.2) is 35.8 Å². The molecule has 4 N–H and O–H groups in total. The fraction of sp³-hybridized carbons (Fsp3) is 0.143. The first-order valence-corrected chi connectivity index (χ1v) is 7.35. The number of benzene rings is 1. The summed E-state index contributed by atoms with van der Waals surface area (Å²) < 4.78 is 0. The van der Waals surface area contributed by atoms with Crippen LogP contribution in [0, 0.1) is 0 Å². The molecule has 0 aliphatic rings. The summed E-state index contributed by atoms with van der Waals surface area (Å²) in [6, 6.07) is 4.89. The molecular formula is C14H13N3O5S. The first-order chi connectivity index (χ1) is 11.0. The second-order valence-corrected chi connectivity index (χ2v) is 5.40. The minimum absolute atomic E-state index is 0.211. The lowest BCUT2D eigenvalue weighted by molar-refractivity contribution is -0.145. The van der Waals surface area contributed by atoms with Crippen LogP contribution in [0.25, 0.3) is 0 Å². The molecule has 0 aliphatic carbocycles. The van der Waals surface area contributed by atoms with E-state index >= 15 is 0 Å². The SMILES string of the molecule is O=C(O)CC(NC(=O)c1cccc(Nc2nccs2)c1)C(=O)O. The van der Waals surface area contributed by atoms with E-state index in [4.69, 9.17) is 10.2 Å². The fourth-order valence-corrected chi connectivity index (χ4v) is 2.31. The van der Waals surface area contributed by atoms with E-state index in [0.29, 0.717) is 10.8 Å². The van der Waals surface area contributed by atoms with Gasteiger partial charge in [0.05, 0.1) is 6.42 Å². The van der Waals surface area contributed by atoms with Gasteiger partial charge in [0.1, 0.15) is 6.04 Å². The van der Waals surface area contributed by atoms with Crippen LogP contribution in [0.5, 0.6) is 0 Å². The standard InChI is InChI=1S/C14H13N3O5S/c18-11(19)7-10(13(21)22)17-12(20)8-2-1-3-9(6-8)16-14-15-4-5-23-14/h1-6,10H,7H2,(H,15,16)(H,17,20)(H,18,19)(H,21,22). The number of hydrogen-bond acceptors (Lipinski definition) is 6. The van der Waals surface area contributed by atoms with Crippen LogP contribution in [-0.2, 0) is 9.59 Å². The van der Waals surface area contributed by atoms with Gasteiger partial charge in [-0.1, -0.05) is 6.07 Å². The Hall–Kier alpha value is -2.94. The number of nitrogens with one attached hydrogen (secondary N) is 2. The van der Waals surface area contributed by atoms with Crippen molar-refractivity contribution < 1.29 is 24.6 Å². The van der Waals surface area contributed by atoms with E-state index in [2.05, 4.69) is 15.6 Å². The topological polar surface area (TPSA) is 129 Å². The van der Waals surface area contributed by atoms with E-state index in [1.807, 2.05) is 0 Å². The molecule has 1 heterocycles. The van der Waals surface area contributed by atoms with Crippen LogP contribution in [0.1, 0.15) is 16.8 Å². The zero-order valence-corrected chi connectivity index (χ0v) is 12.5. The van der Waals surface area contributed by atoms with E-state index in [1.165, 1.54) is 23.5 Å². The number of hydrogen-bond donors (Lipinski definition) is 4. The number of carbonyl (C=O) groups is 3. The highest BCUT2D eigenvalue weighted by molar-refractivity contribution is 7.13. The average Bonchev–Trinajstić information content (AvgIpc) is 2.99. The summed E-state index contributed by atoms with van der Waals surface area (Å²) in [5.41, 5.74) is 0.820. The number of carboxylic acid groups (broad SMARTS) is 2. The molecule has 0 spiro atoms. The van der Waals surface area contributed by atoms with Gasteiger partial charge in [-0.2, -0.15) is 0 Å². The summed E-state index contributed by atoms with van der Waals surface area (Å²) in [5, 5.41) is 25.3. The Morgan fingerprint density at radius 1 is 1.26 bits per heavy atom. The number of nitrogens with zero attached hydrogens (tertiary/aromatic N) is 1. The lowest BCUT2D eigenvalue weighted by atomic mass is 10.1. The molecule has 0 aliphatic heterocycles. The fourth-order valence-electron chi connectivity index (χ4n) is 1.76. The maximum absolute atomic E-state index is 12.1. The molecule has 2 aromatic rings. The normalized spacial score (nSPS) is 11.5. The quantitative estimate of drug-likeness (QED) is 0.604. The average molecular weight is 335 g/mol. The van der Waals surface area contributed by atoms with Crippen LogP contribution >= 0.6 is 11.3 Å². The number of anilines is 2. The molecule has 0 radical (unpaired) electrons. The Morgan fingerprint density at radius 3 is 2.65 bits per heavy atom. The van der Waals surface area contributed by atoms with Crippen molar-refractivity contribution in [2.75, 3.05) is 5.32 Å². The number of amides is 1. The minimum Gasteiger partial charge on any atom is -0.481 e. The summed E-state index contributed by atoms with van der Waals surface area (Å²) in [7, 11) is 0. The highest BCUT2D eigenvalue weighted by Gasteiger charge is 2.23. The Morgan fingerprint density at radius 2 is 2.04 bits per heavy atom. The number of carboxylic acids is 2. The van der Waals surface area contributed by atoms with Crippen molar-refractivity contribution in [2.24, 2.45) is 0 Å². The van der Waals surface area contributed by atoms with Crippen molar-refractivity contribution >= 4 is 40.0 Å². The summed E-state index contributed by atoms with van der Waals surface area (Å²) in [6.07, 6.45) is 0.936. The number of aliphatic carboxylic acids is 2. The zero-order valence-electron chi connectivity index (χ0n) is 11.7. The van der Waals surface area contributed by atoms with Crippen LogP contribution in [0.2, 0.25) is 0 Å². The predicted molar refractivity (Wildman–Crippen MR) is 83.0 cm³/mol. The summed E-state index contributed by atoms with van der Waals surface area (Å²) in [4.78, 5) is 37.8. The molecule has 0 fully saturated rings. The third-order valence-electron chi connectivity index (χ3n) is 2.79. The molecule has 2 rings (SSSR count). The maximum atomic E-state index is 12.1. The molecular weight excluding hydrogens is 322 g/mol. The van der Waals surface area contributed by atoms with Gasteiger partial charge in [-0.25, -0.2) is 9.78 Å². The molecule has 0 bridgehead atoms. The van der Waals surface area contributed by atoms with Crippen molar-refractivity contribution in [3.05, 3.63) is 41.4 Å². The summed E-state index contributed by atoms with van der Waals surface area (Å²) in [6.45, 7) is 0. The number of aromatic nitrogens is 1. The van der Waals surface area contributed by atoms with Gasteiger partial charge < -0.3 is 20.8 Å². The number of thiazole rings is 1. The molecule has 8 nitrogen and oxygen atoms in total. The van der Waals surface area contributed by atoms with Crippen LogP contribution < -0.4 is 10.6 Å². The van der Waals surface area contributed by atoms with E-state index in [9.17, 15) is 14.4 Å². The molecule has 1 atom stereocenters. The van der Waals surface area contributed by atoms with Crippen molar-refractivity contribution in [2.45, 2.75) is 12.5 Å². The molecule has 0 saturated heterocycles. The first-order valence-electron chi connectivity index (χ1n) is 6.48. The summed E-state index contributed by atoms with van der Waals surface area (Å²) in [5.74, 6) is -3.38. The molecule has 23 heavy (non-hydrogen) atoms. The Kier molecular flexibility index (Phi) is 5.26. The maximum Gasteiger partial charge on any atom is 0.326 e. The smallest absolute Gasteiger partial charge is 0.326 e. The lowest BCUT2D eigenvalue weighted by Gasteiger charge is -2.13. The van der Waals surface area contributed by atoms with Crippen molar-refractivity contribution in [3.8, 4) is 0 Å². The van der Waals surface area contributed by atoms with Crippen LogP contribution in [0.3, 0.4) is 0 Å². The van der Waals surface area contributed by atoms with E-state index in [1.54, 1.807) is 23.7 Å². The molecule has 0 saturated carbocycles. The third kappa shape index (κ3) is 4.78. The van der Waals surface area contributed by atoms with Crippen molar-refractivity contribution in [1.82, 2.24) is 10.3 Å². The minimum atomic E-state index is -1.49. The Labute approximate surface area is 134 Å². The highest BCUT2D eigenvalue weighted by Crippen LogP contribution is 2.19. The molecule has 1 unspecified atom stereocenters. The van der Waals surface area contributed by atoms with Gasteiger partial charge in [-0.05, 0) is 18.2 Å². The van der Waals surface area contributed by atoms with Gasteiger partial charge in [-0.15, -0.1) is 11.3 Å². The lowest BCUT2D eigenvalue weighted by Crippen LogP contribution is -2.42. The van der Waals surface area contributed by atoms with Gasteiger partial charge in [0.25, 0.3) is 5.91 Å². The largest absolute Gasteiger partial charge is 0.481 e. The Balaban J connectivity index is 2.09. The van der Waals surface area contributed by atoms with Crippen LogP contribution in [-0.4, -0.2) is 39.1 Å². The predicted octanol–water partition coefficient (Wildman–Crippen LogP) is 1.54. The second-order valence-electron chi connectivity index (χ2n) is 4.51. The zero-order chi connectivity index (χ0) is 16.8. The molecule has 1 amide bonds. The van der Waals surface area contributed by atoms with Crippen molar-refractivity contribution in [3.63, 3.8) is 0 Å². The molecule has 1 aromatic heterocycles. The third-order valence-corrected chi connectivity index (χ3v) is 3.48. The van der Waals surface area contributed by atoms with Gasteiger partial charge in [0.15, 0.2) is 5.13 Å². The van der Waals surface area contributed by atoms with Crippen LogP contribution in [0.4, 0.5) is 10.8 Å². The highest BCUT2D eigenvalue weighted by atomic mass is 32.1. The van der Waals surface area contributed by atoms with E-state index in [0.717, 1.165) is 0 Å². The monoisotopic (exact) mass is 335 g/mol. The number of rotatable bonds is 7. The first kappa shape index (κ1) is 16.4. The van der Waals surface area contributed by atoms with Gasteiger partial charge in [0, 0.05) is 22.8 Å². The second kappa shape index (κ2) is 7.36. The molecule has 1 aromatic carbocycles. The van der Waals surface area contributed by atoms with Gasteiger partial charge in [0.2, 0.25) is 0 Å². The van der Waals surface area contributed by atoms with Gasteiger partial charge >= 0.3 is 11.9 Å².